The lowest BCUT2D eigenvalue weighted by molar-refractivity contribution is -0.219. The van der Waals surface area contributed by atoms with Crippen molar-refractivity contribution in [2.75, 3.05) is 88.7 Å². The standard InChI is InChI=1S/C76H118F8N12O13/c1-15-44(5)62-70(106)90(10)41-60(99)92(12)54-26-20-19-23-33-95(69(54)105)57(36-45-27-30-48(31-28-45)75(79,80)81)68(104)89(9)40-58(97)85-52(32-29-46-34-50(77)61(51(78)35-46)76(82,83)84)66(102)96-39-49(109-18-4)37-55(96)65(101)87-74(42-73(6,7)43-74)72(108)94(14)63(47-24-21-22-25-47)71(107)93(13)56(67(103)88(8)17-3)38-59(98)91(11)53(16-2)64(100)86-62/h19-20,44-57,61-63H,15-18,21-43H2,1-14H3,(H,85,97)(H,86,100)(H,87,101)/b20-19-/t44-,45?,46?,48?,49+,50?,51?,52-,53-,54-,55-,56-,57-,61?,62-,63-/m0/s1. The van der Waals surface area contributed by atoms with E-state index in [2.05, 4.69) is 16.0 Å². The molecule has 2 unspecified atom stereocenters. The van der Waals surface area contributed by atoms with E-state index in [4.69, 9.17) is 4.74 Å². The van der Waals surface area contributed by atoms with Gasteiger partial charge in [0.2, 0.25) is 70.9 Å². The zero-order chi connectivity index (χ0) is 81.3. The van der Waals surface area contributed by atoms with Crippen molar-refractivity contribution in [3.63, 3.8) is 0 Å². The molecule has 4 aliphatic carbocycles. The Balaban J connectivity index is 1.34. The number of hydrogen-bond donors (Lipinski definition) is 3. The SMILES string of the molecule is CCO[C@@H]1C[C@H]2C(=O)NC3(CC(C)(C)C3)C(=O)N(C)[C@@H](C3CCCC3)C(=O)N(C)[C@H](C(=O)N(C)CC)CC(=O)N(C)[C@@H](CC)C(=O)N[C@@H]([C@@H](C)CC)C(=O)N(C)CC(=O)N(C)[C@H]3C/C=C\CCN(C3=O)[C@@H](CC3CCC(C(F)(F)F)CC3)C(=O)N(C)CC(=O)N[C@@H](CCC3CC(F)C(C(F)(F)F)C(F)C3)C(=O)N2C1. The van der Waals surface area contributed by atoms with E-state index in [1.807, 2.05) is 13.8 Å². The summed E-state index contributed by atoms with van der Waals surface area (Å²) >= 11 is 0. The molecule has 7 rings (SSSR count). The summed E-state index contributed by atoms with van der Waals surface area (Å²) in [5.41, 5.74) is -2.37. The van der Waals surface area contributed by atoms with Gasteiger partial charge in [-0.3, -0.25) is 57.5 Å². The van der Waals surface area contributed by atoms with Crippen LogP contribution < -0.4 is 16.0 Å². The van der Waals surface area contributed by atoms with Gasteiger partial charge in [0.15, 0.2) is 0 Å². The number of carbonyl (C=O) groups is 12. The number of halogens is 8. The van der Waals surface area contributed by atoms with Crippen LogP contribution in [-0.2, 0) is 62.3 Å². The Morgan fingerprint density at radius 3 is 1.83 bits per heavy atom. The van der Waals surface area contributed by atoms with Crippen molar-refractivity contribution in [2.24, 2.45) is 40.9 Å². The van der Waals surface area contributed by atoms with Crippen molar-refractivity contribution < 1.29 is 97.4 Å². The number of nitrogens with zero attached hydrogens (tertiary/aromatic N) is 9. The van der Waals surface area contributed by atoms with E-state index in [1.165, 1.54) is 64.0 Å². The fourth-order valence-electron chi connectivity index (χ4n) is 17.8. The molecule has 3 N–H and O–H groups in total. The molecule has 7 aliphatic rings. The maximum atomic E-state index is 15.8. The van der Waals surface area contributed by atoms with E-state index in [-0.39, 0.29) is 103 Å². The predicted molar refractivity (Wildman–Crippen MR) is 386 cm³/mol. The lowest BCUT2D eigenvalue weighted by Crippen LogP contribution is -2.71. The first-order chi connectivity index (χ1) is 51.0. The van der Waals surface area contributed by atoms with Gasteiger partial charge in [0.25, 0.3) is 0 Å². The molecule has 25 nitrogen and oxygen atoms in total. The van der Waals surface area contributed by atoms with Crippen LogP contribution in [0.25, 0.3) is 0 Å². The molecule has 6 fully saturated rings. The first kappa shape index (κ1) is 89.0. The van der Waals surface area contributed by atoms with Gasteiger partial charge in [-0.25, -0.2) is 8.78 Å². The van der Waals surface area contributed by atoms with Crippen molar-refractivity contribution in [2.45, 2.75) is 268 Å². The van der Waals surface area contributed by atoms with Crippen LogP contribution in [-0.4, -0.2) is 288 Å². The molecular weight excluding hydrogens is 1440 g/mol. The van der Waals surface area contributed by atoms with Crippen LogP contribution in [0.3, 0.4) is 0 Å². The Morgan fingerprint density at radius 2 is 1.27 bits per heavy atom. The summed E-state index contributed by atoms with van der Waals surface area (Å²) in [4.78, 5) is 192. The van der Waals surface area contributed by atoms with Crippen LogP contribution in [0.1, 0.15) is 183 Å². The van der Waals surface area contributed by atoms with E-state index in [1.54, 1.807) is 46.8 Å². The summed E-state index contributed by atoms with van der Waals surface area (Å²) in [7, 11) is 9.47. The number of nitrogens with one attached hydrogen (secondary N) is 3. The molecule has 12 amide bonds. The van der Waals surface area contributed by atoms with E-state index >= 15 is 37.5 Å². The van der Waals surface area contributed by atoms with Gasteiger partial charge in [-0.05, 0) is 146 Å². The molecule has 0 aromatic rings. The molecule has 3 aliphatic heterocycles. The second-order valence-corrected chi connectivity index (χ2v) is 32.7. The van der Waals surface area contributed by atoms with Gasteiger partial charge in [0, 0.05) is 82.0 Å². The molecule has 33 heteroatoms. The van der Waals surface area contributed by atoms with E-state index in [9.17, 15) is 55.1 Å². The van der Waals surface area contributed by atoms with Crippen molar-refractivity contribution >= 4 is 70.9 Å². The number of hydrogen-bond acceptors (Lipinski definition) is 13. The molecule has 0 aromatic heterocycles. The first-order valence-corrected chi connectivity index (χ1v) is 39.0. The number of ether oxygens (including phenoxy) is 1. The molecular formula is C76H118F8N12O13. The van der Waals surface area contributed by atoms with Crippen LogP contribution in [0.15, 0.2) is 12.2 Å². The van der Waals surface area contributed by atoms with E-state index < -0.39 is 235 Å². The Bertz CT molecular complexity index is 3280. The minimum absolute atomic E-state index is 0.00463. The van der Waals surface area contributed by atoms with Gasteiger partial charge in [-0.1, -0.05) is 66.0 Å². The highest BCUT2D eigenvalue weighted by molar-refractivity contribution is 6.01. The number of fused-ring (bicyclic) bond motifs is 3. The Hall–Kier alpha value is -7.22. The highest BCUT2D eigenvalue weighted by Crippen LogP contribution is 2.50. The molecule has 0 radical (unpaired) electrons. The summed E-state index contributed by atoms with van der Waals surface area (Å²) in [6, 6.07) is -11.4. The maximum Gasteiger partial charge on any atom is 0.397 e. The third-order valence-corrected chi connectivity index (χ3v) is 24.4. The summed E-state index contributed by atoms with van der Waals surface area (Å²) in [5.74, 6) is -16.8. The molecule has 109 heavy (non-hydrogen) atoms. The lowest BCUT2D eigenvalue weighted by atomic mass is 9.58. The fourth-order valence-corrected chi connectivity index (χ4v) is 17.8. The summed E-state index contributed by atoms with van der Waals surface area (Å²) in [6.07, 6.45) is -13.9. The van der Waals surface area contributed by atoms with Crippen molar-refractivity contribution in [1.29, 1.82) is 0 Å². The molecule has 3 heterocycles. The minimum Gasteiger partial charge on any atom is -0.377 e. The zero-order valence-corrected chi connectivity index (χ0v) is 65.9. The predicted octanol–water partition coefficient (Wildman–Crippen LogP) is 6.74. The quantitative estimate of drug-likeness (QED) is 0.127. The van der Waals surface area contributed by atoms with Gasteiger partial charge >= 0.3 is 12.4 Å². The average molecular weight is 1560 g/mol. The number of likely N-dealkylation sites (N-methyl/N-ethyl adjacent to an activating group) is 7. The zero-order valence-electron chi connectivity index (χ0n) is 65.9. The Labute approximate surface area is 635 Å². The minimum atomic E-state index is -5.22. The van der Waals surface area contributed by atoms with Crippen molar-refractivity contribution in [3.8, 4) is 0 Å². The molecule has 1 spiro atoms. The Kier molecular flexibility index (Phi) is 30.5. The second-order valence-electron chi connectivity index (χ2n) is 32.7. The lowest BCUT2D eigenvalue weighted by Gasteiger charge is -2.54. The van der Waals surface area contributed by atoms with Gasteiger partial charge in [-0.2, -0.15) is 26.3 Å². The van der Waals surface area contributed by atoms with E-state index in [0.29, 0.717) is 32.1 Å². The maximum absolute atomic E-state index is 15.8. The number of amides is 12. The van der Waals surface area contributed by atoms with Crippen LogP contribution >= 0.6 is 0 Å². The highest BCUT2D eigenvalue weighted by Gasteiger charge is 2.60. The summed E-state index contributed by atoms with van der Waals surface area (Å²) in [6.45, 7) is 10.4. The van der Waals surface area contributed by atoms with Gasteiger partial charge in [0.05, 0.1) is 31.5 Å². The number of rotatable bonds is 13. The molecule has 4 saturated carbocycles. The number of carbonyl (C=O) groups excluding carboxylic acids is 12. The fraction of sp³-hybridized carbons (Fsp3) is 0.816. The molecule has 2 bridgehead atoms. The monoisotopic (exact) mass is 1560 g/mol. The Morgan fingerprint density at radius 1 is 0.651 bits per heavy atom. The van der Waals surface area contributed by atoms with E-state index in [0.717, 1.165) is 29.4 Å². The van der Waals surface area contributed by atoms with Gasteiger partial charge in [0.1, 0.15) is 72.1 Å². The van der Waals surface area contributed by atoms with Gasteiger partial charge < -0.3 is 64.8 Å². The van der Waals surface area contributed by atoms with Crippen molar-refractivity contribution in [1.82, 2.24) is 60.0 Å². The molecule has 12 atom stereocenters. The average Bonchev–Trinajstić information content (AvgIpc) is 1.39. The molecule has 2 saturated heterocycles. The third kappa shape index (κ3) is 21.3. The smallest absolute Gasteiger partial charge is 0.377 e. The molecule has 616 valence electrons. The summed E-state index contributed by atoms with van der Waals surface area (Å²) in [5, 5.41) is 8.43. The third-order valence-electron chi connectivity index (χ3n) is 24.4. The van der Waals surface area contributed by atoms with Gasteiger partial charge in [-0.15, -0.1) is 0 Å². The summed E-state index contributed by atoms with van der Waals surface area (Å²) < 4.78 is 121. The normalized spacial score (nSPS) is 32.2. The van der Waals surface area contributed by atoms with Crippen LogP contribution in [0.2, 0.25) is 0 Å². The van der Waals surface area contributed by atoms with Crippen LogP contribution in [0.4, 0.5) is 35.1 Å². The largest absolute Gasteiger partial charge is 0.397 e. The van der Waals surface area contributed by atoms with Crippen LogP contribution in [0, 0.1) is 40.9 Å². The first-order valence-electron chi connectivity index (χ1n) is 39.0. The van der Waals surface area contributed by atoms with Crippen LogP contribution in [0.5, 0.6) is 0 Å². The van der Waals surface area contributed by atoms with Crippen molar-refractivity contribution in [3.05, 3.63) is 12.2 Å². The highest BCUT2D eigenvalue weighted by atomic mass is 19.4. The second kappa shape index (κ2) is 37.4. The molecule has 0 aromatic carbocycles. The topological polar surface area (TPSA) is 279 Å². The number of alkyl halides is 8.